The molecule has 162 valence electrons. The van der Waals surface area contributed by atoms with E-state index in [0.29, 0.717) is 28.5 Å². The molecule has 2 amide bonds. The van der Waals surface area contributed by atoms with Crippen molar-refractivity contribution in [2.75, 3.05) is 6.26 Å². The number of benzene rings is 2. The molecule has 2 N–H and O–H groups in total. The van der Waals surface area contributed by atoms with Gasteiger partial charge in [0.25, 0.3) is 11.8 Å². The highest BCUT2D eigenvalue weighted by atomic mass is 32.2. The number of nitrogens with zero attached hydrogens (tertiary/aromatic N) is 1. The van der Waals surface area contributed by atoms with Crippen molar-refractivity contribution in [3.05, 3.63) is 72.1 Å². The van der Waals surface area contributed by atoms with Crippen LogP contribution in [0.2, 0.25) is 0 Å². The van der Waals surface area contributed by atoms with Crippen LogP contribution in [0.4, 0.5) is 0 Å². The fraction of sp³-hybridized carbons (Fsp3) is 0.167. The number of hydrogen-bond donors (Lipinski definition) is 2. The molecule has 0 saturated carbocycles. The Kier molecular flexibility index (Phi) is 4.56. The summed E-state index contributed by atoms with van der Waals surface area (Å²) in [5.74, 6) is -0.965. The van der Waals surface area contributed by atoms with Crippen LogP contribution in [-0.4, -0.2) is 36.0 Å². The number of carbonyl (C=O) groups is 2. The molecular weight excluding hydrogens is 426 g/mol. The average molecular weight is 448 g/mol. The molecule has 8 heteroatoms. The SMILES string of the molecule is CCC(n1cc(C2=C(c3c[nH]c4ccccc34)C(=O)NC2=O)c2ccccc21)S(C)(=O)=O. The third kappa shape index (κ3) is 2.98. The fourth-order valence-corrected chi connectivity index (χ4v) is 5.79. The zero-order chi connectivity index (χ0) is 22.6. The van der Waals surface area contributed by atoms with Gasteiger partial charge in [-0.3, -0.25) is 14.9 Å². The van der Waals surface area contributed by atoms with Gasteiger partial charge in [-0.25, -0.2) is 8.42 Å². The lowest BCUT2D eigenvalue weighted by molar-refractivity contribution is -0.122. The van der Waals surface area contributed by atoms with Gasteiger partial charge in [0, 0.05) is 51.6 Å². The second-order valence-electron chi connectivity index (χ2n) is 7.94. The van der Waals surface area contributed by atoms with Gasteiger partial charge in [-0.2, -0.15) is 0 Å². The number of nitrogens with one attached hydrogen (secondary N) is 2. The molecule has 0 fully saturated rings. The molecule has 32 heavy (non-hydrogen) atoms. The summed E-state index contributed by atoms with van der Waals surface area (Å²) in [6.07, 6.45) is 4.99. The Bertz CT molecular complexity index is 1560. The van der Waals surface area contributed by atoms with Gasteiger partial charge < -0.3 is 9.55 Å². The number of hydrogen-bond acceptors (Lipinski definition) is 4. The smallest absolute Gasteiger partial charge is 0.259 e. The van der Waals surface area contributed by atoms with Gasteiger partial charge in [-0.1, -0.05) is 43.3 Å². The largest absolute Gasteiger partial charge is 0.361 e. The van der Waals surface area contributed by atoms with Crippen LogP contribution in [-0.2, 0) is 19.4 Å². The van der Waals surface area contributed by atoms with Crippen molar-refractivity contribution < 1.29 is 18.0 Å². The standard InChI is InChI=1S/C24H21N3O4S/c1-3-20(32(2,30)31)27-13-17(15-9-5-7-11-19(15)27)22-21(23(28)26-24(22)29)16-12-25-18-10-6-4-8-14(16)18/h4-13,20,25H,3H2,1-2H3,(H,26,28,29). The number of aromatic amines is 1. The third-order valence-electron chi connectivity index (χ3n) is 5.95. The lowest BCUT2D eigenvalue weighted by Crippen LogP contribution is -2.22. The second-order valence-corrected chi connectivity index (χ2v) is 10.1. The summed E-state index contributed by atoms with van der Waals surface area (Å²) in [6.45, 7) is 1.81. The van der Waals surface area contributed by atoms with Crippen LogP contribution >= 0.6 is 0 Å². The molecule has 1 aliphatic rings. The van der Waals surface area contributed by atoms with Gasteiger partial charge >= 0.3 is 0 Å². The summed E-state index contributed by atoms with van der Waals surface area (Å²) >= 11 is 0. The Morgan fingerprint density at radius 2 is 1.53 bits per heavy atom. The summed E-state index contributed by atoms with van der Waals surface area (Å²) in [6, 6.07) is 14.9. The fourth-order valence-electron chi connectivity index (χ4n) is 4.60. The average Bonchev–Trinajstić information content (AvgIpc) is 3.41. The number of amides is 2. The Labute approximate surface area is 184 Å². The van der Waals surface area contributed by atoms with Crippen molar-refractivity contribution in [1.82, 2.24) is 14.9 Å². The van der Waals surface area contributed by atoms with Crippen molar-refractivity contribution in [1.29, 1.82) is 0 Å². The Morgan fingerprint density at radius 1 is 0.906 bits per heavy atom. The number of para-hydroxylation sites is 2. The first-order valence-corrected chi connectivity index (χ1v) is 12.2. The minimum atomic E-state index is -3.41. The van der Waals surface area contributed by atoms with Gasteiger partial charge in [-0.05, 0) is 18.6 Å². The predicted octanol–water partition coefficient (Wildman–Crippen LogP) is 3.64. The van der Waals surface area contributed by atoms with Crippen LogP contribution in [0.5, 0.6) is 0 Å². The van der Waals surface area contributed by atoms with Crippen LogP contribution in [0.25, 0.3) is 33.0 Å². The molecule has 0 radical (unpaired) electrons. The first kappa shape index (κ1) is 20.3. The lowest BCUT2D eigenvalue weighted by atomic mass is 9.95. The normalized spacial score (nSPS) is 15.7. The highest BCUT2D eigenvalue weighted by Gasteiger charge is 2.35. The monoisotopic (exact) mass is 447 g/mol. The van der Waals surface area contributed by atoms with E-state index in [1.807, 2.05) is 55.5 Å². The number of H-pyrrole nitrogens is 1. The topological polar surface area (TPSA) is 101 Å². The molecule has 1 aliphatic heterocycles. The maximum atomic E-state index is 13.0. The highest BCUT2D eigenvalue weighted by Crippen LogP contribution is 2.39. The van der Waals surface area contributed by atoms with Gasteiger partial charge in [0.15, 0.2) is 9.84 Å². The number of fused-ring (bicyclic) bond motifs is 2. The van der Waals surface area contributed by atoms with Gasteiger partial charge in [-0.15, -0.1) is 0 Å². The quantitative estimate of drug-likeness (QED) is 0.456. The predicted molar refractivity (Wildman–Crippen MR) is 124 cm³/mol. The van der Waals surface area contributed by atoms with Crippen molar-refractivity contribution in [3.63, 3.8) is 0 Å². The van der Waals surface area contributed by atoms with E-state index in [4.69, 9.17) is 0 Å². The number of carbonyl (C=O) groups excluding carboxylic acids is 2. The van der Waals surface area contributed by atoms with Crippen LogP contribution in [0.15, 0.2) is 60.9 Å². The molecule has 0 spiro atoms. The molecule has 2 aromatic carbocycles. The van der Waals surface area contributed by atoms with Crippen molar-refractivity contribution >= 4 is 54.6 Å². The number of aromatic nitrogens is 2. The first-order chi connectivity index (χ1) is 15.3. The molecule has 4 aromatic rings. The molecule has 0 bridgehead atoms. The number of imide groups is 1. The zero-order valence-corrected chi connectivity index (χ0v) is 18.4. The van der Waals surface area contributed by atoms with E-state index in [2.05, 4.69) is 10.3 Å². The van der Waals surface area contributed by atoms with Crippen molar-refractivity contribution in [2.24, 2.45) is 0 Å². The molecule has 5 rings (SSSR count). The Balaban J connectivity index is 1.84. The molecule has 0 saturated heterocycles. The van der Waals surface area contributed by atoms with E-state index in [1.54, 1.807) is 17.0 Å². The van der Waals surface area contributed by atoms with E-state index in [9.17, 15) is 18.0 Å². The molecule has 1 atom stereocenters. The molecule has 3 heterocycles. The van der Waals surface area contributed by atoms with E-state index >= 15 is 0 Å². The highest BCUT2D eigenvalue weighted by molar-refractivity contribution is 7.90. The molecular formula is C24H21N3O4S. The third-order valence-corrected chi connectivity index (χ3v) is 7.50. The minimum absolute atomic E-state index is 0.248. The van der Waals surface area contributed by atoms with E-state index in [-0.39, 0.29) is 11.1 Å². The second kappa shape index (κ2) is 7.20. The van der Waals surface area contributed by atoms with Crippen molar-refractivity contribution in [3.8, 4) is 0 Å². The Morgan fingerprint density at radius 3 is 2.22 bits per heavy atom. The molecule has 2 aromatic heterocycles. The first-order valence-electron chi connectivity index (χ1n) is 10.3. The molecule has 7 nitrogen and oxygen atoms in total. The molecule has 0 aliphatic carbocycles. The van der Waals surface area contributed by atoms with Gasteiger partial charge in [0.2, 0.25) is 0 Å². The summed E-state index contributed by atoms with van der Waals surface area (Å²) in [7, 11) is -3.41. The molecule has 1 unspecified atom stereocenters. The van der Waals surface area contributed by atoms with Gasteiger partial charge in [0.05, 0.1) is 11.1 Å². The number of sulfone groups is 1. The maximum Gasteiger partial charge on any atom is 0.259 e. The summed E-state index contributed by atoms with van der Waals surface area (Å²) in [5.41, 5.74) is 3.24. The van der Waals surface area contributed by atoms with E-state index in [1.165, 1.54) is 6.26 Å². The van der Waals surface area contributed by atoms with E-state index < -0.39 is 27.0 Å². The Hall–Kier alpha value is -3.65. The van der Waals surface area contributed by atoms with Crippen molar-refractivity contribution in [2.45, 2.75) is 18.7 Å². The minimum Gasteiger partial charge on any atom is -0.361 e. The van der Waals surface area contributed by atoms with E-state index in [0.717, 1.165) is 10.9 Å². The van der Waals surface area contributed by atoms with Gasteiger partial charge in [0.1, 0.15) is 5.37 Å². The summed E-state index contributed by atoms with van der Waals surface area (Å²) in [4.78, 5) is 29.0. The van der Waals surface area contributed by atoms with Crippen LogP contribution < -0.4 is 5.32 Å². The summed E-state index contributed by atoms with van der Waals surface area (Å²) in [5, 5.41) is 3.19. The lowest BCUT2D eigenvalue weighted by Gasteiger charge is -2.16. The number of rotatable bonds is 5. The van der Waals surface area contributed by atoms with Crippen LogP contribution in [0.3, 0.4) is 0 Å². The summed E-state index contributed by atoms with van der Waals surface area (Å²) < 4.78 is 26.7. The maximum absolute atomic E-state index is 13.0. The zero-order valence-electron chi connectivity index (χ0n) is 17.5. The van der Waals surface area contributed by atoms with Crippen LogP contribution in [0, 0.1) is 0 Å². The van der Waals surface area contributed by atoms with Crippen LogP contribution in [0.1, 0.15) is 29.8 Å².